The third-order valence-corrected chi connectivity index (χ3v) is 2.74. The van der Waals surface area contributed by atoms with Gasteiger partial charge in [0.2, 0.25) is 0 Å². The molecule has 1 saturated carbocycles. The van der Waals surface area contributed by atoms with Gasteiger partial charge in [-0.2, -0.15) is 0 Å². The summed E-state index contributed by atoms with van der Waals surface area (Å²) in [5.74, 6) is 0.542. The lowest BCUT2D eigenvalue weighted by Gasteiger charge is -2.26. The van der Waals surface area contributed by atoms with Crippen LogP contribution in [0.1, 0.15) is 32.1 Å². The minimum atomic E-state index is -0.250. The van der Waals surface area contributed by atoms with Crippen LogP contribution in [-0.2, 0) is 9.53 Å². The van der Waals surface area contributed by atoms with Crippen molar-refractivity contribution < 1.29 is 9.53 Å². The predicted molar refractivity (Wildman–Crippen MR) is 51.4 cm³/mol. The number of carbonyl (C=O) groups excluding carboxylic acids is 1. The van der Waals surface area contributed by atoms with E-state index in [9.17, 15) is 4.79 Å². The molecule has 0 saturated heterocycles. The number of hydrogen-bond donors (Lipinski definition) is 1. The molecule has 0 heterocycles. The van der Waals surface area contributed by atoms with Crippen LogP contribution in [0.4, 0.5) is 0 Å². The molecular weight excluding hydrogens is 166 g/mol. The van der Waals surface area contributed by atoms with E-state index in [-0.39, 0.29) is 17.7 Å². The Kier molecular flexibility index (Phi) is 4.39. The molecule has 3 nitrogen and oxygen atoms in total. The van der Waals surface area contributed by atoms with Gasteiger partial charge in [0.25, 0.3) is 0 Å². The van der Waals surface area contributed by atoms with Gasteiger partial charge in [-0.3, -0.25) is 4.79 Å². The standard InChI is InChI=1S/C10H19NO2/c1-13-7-3-6-9(11)10(12)8-4-2-5-8/h8-9H,2-7,11H2,1H3. The molecule has 0 bridgehead atoms. The molecule has 1 rings (SSSR count). The highest BCUT2D eigenvalue weighted by Gasteiger charge is 2.28. The number of ketones is 1. The molecule has 76 valence electrons. The number of hydrogen-bond acceptors (Lipinski definition) is 3. The molecular formula is C10H19NO2. The Morgan fingerprint density at radius 3 is 2.77 bits per heavy atom. The Labute approximate surface area is 79.6 Å². The molecule has 0 amide bonds. The molecule has 13 heavy (non-hydrogen) atoms. The van der Waals surface area contributed by atoms with E-state index in [2.05, 4.69) is 0 Å². The minimum Gasteiger partial charge on any atom is -0.385 e. The van der Waals surface area contributed by atoms with Crippen molar-refractivity contribution in [2.75, 3.05) is 13.7 Å². The summed E-state index contributed by atoms with van der Waals surface area (Å²) in [5, 5.41) is 0. The maximum Gasteiger partial charge on any atom is 0.152 e. The Hall–Kier alpha value is -0.410. The fourth-order valence-electron chi connectivity index (χ4n) is 1.59. The molecule has 1 fully saturated rings. The summed E-state index contributed by atoms with van der Waals surface area (Å²) in [6.45, 7) is 0.700. The van der Waals surface area contributed by atoms with Crippen LogP contribution >= 0.6 is 0 Å². The second-order valence-electron chi connectivity index (χ2n) is 3.77. The first-order chi connectivity index (χ1) is 6.25. The molecule has 1 unspecified atom stereocenters. The van der Waals surface area contributed by atoms with Crippen molar-refractivity contribution in [3.8, 4) is 0 Å². The maximum atomic E-state index is 11.6. The zero-order valence-corrected chi connectivity index (χ0v) is 8.29. The second-order valence-corrected chi connectivity index (χ2v) is 3.77. The van der Waals surface area contributed by atoms with Gasteiger partial charge in [-0.1, -0.05) is 6.42 Å². The van der Waals surface area contributed by atoms with Gasteiger partial charge >= 0.3 is 0 Å². The van der Waals surface area contributed by atoms with Crippen LogP contribution in [0, 0.1) is 5.92 Å². The molecule has 0 aromatic heterocycles. The first kappa shape index (κ1) is 10.7. The molecule has 1 atom stereocenters. The van der Waals surface area contributed by atoms with Crippen molar-refractivity contribution in [3.05, 3.63) is 0 Å². The highest BCUT2D eigenvalue weighted by molar-refractivity contribution is 5.86. The van der Waals surface area contributed by atoms with Gasteiger partial charge in [0.15, 0.2) is 5.78 Å². The zero-order valence-electron chi connectivity index (χ0n) is 8.29. The third kappa shape index (κ3) is 3.08. The van der Waals surface area contributed by atoms with Gasteiger partial charge in [0.05, 0.1) is 6.04 Å². The summed E-state index contributed by atoms with van der Waals surface area (Å²) in [6.07, 6.45) is 4.95. The van der Waals surface area contributed by atoms with Crippen molar-refractivity contribution in [2.24, 2.45) is 11.7 Å². The smallest absolute Gasteiger partial charge is 0.152 e. The molecule has 0 spiro atoms. The lowest BCUT2D eigenvalue weighted by molar-refractivity contribution is -0.126. The normalized spacial score (nSPS) is 19.5. The molecule has 2 N–H and O–H groups in total. The van der Waals surface area contributed by atoms with Crippen molar-refractivity contribution in [3.63, 3.8) is 0 Å². The molecule has 1 aliphatic rings. The van der Waals surface area contributed by atoms with Gasteiger partial charge in [-0.05, 0) is 25.7 Å². The summed E-state index contributed by atoms with van der Waals surface area (Å²) >= 11 is 0. The SMILES string of the molecule is COCCCC(N)C(=O)C1CCC1. The van der Waals surface area contributed by atoms with E-state index in [1.165, 1.54) is 6.42 Å². The minimum absolute atomic E-state index is 0.250. The van der Waals surface area contributed by atoms with Gasteiger partial charge in [0.1, 0.15) is 0 Å². The van der Waals surface area contributed by atoms with Crippen LogP contribution in [0.5, 0.6) is 0 Å². The maximum absolute atomic E-state index is 11.6. The van der Waals surface area contributed by atoms with E-state index in [0.717, 1.165) is 25.7 Å². The number of ether oxygens (including phenoxy) is 1. The average Bonchev–Trinajstić information content (AvgIpc) is 2.01. The van der Waals surface area contributed by atoms with Crippen molar-refractivity contribution in [1.29, 1.82) is 0 Å². The number of Topliss-reactive ketones (excluding diaryl/α,β-unsaturated/α-hetero) is 1. The number of carbonyl (C=O) groups is 1. The van der Waals surface area contributed by atoms with Crippen molar-refractivity contribution in [1.82, 2.24) is 0 Å². The highest BCUT2D eigenvalue weighted by Crippen LogP contribution is 2.28. The van der Waals surface area contributed by atoms with Crippen LogP contribution in [0.3, 0.4) is 0 Å². The topological polar surface area (TPSA) is 52.3 Å². The largest absolute Gasteiger partial charge is 0.385 e. The number of rotatable bonds is 6. The molecule has 0 radical (unpaired) electrons. The first-order valence-corrected chi connectivity index (χ1v) is 5.04. The second kappa shape index (κ2) is 5.35. The van der Waals surface area contributed by atoms with Crippen LogP contribution < -0.4 is 5.73 Å². The monoisotopic (exact) mass is 185 g/mol. The Morgan fingerprint density at radius 1 is 1.62 bits per heavy atom. The average molecular weight is 185 g/mol. The summed E-state index contributed by atoms with van der Waals surface area (Å²) in [5.41, 5.74) is 5.76. The fraction of sp³-hybridized carbons (Fsp3) is 0.900. The fourth-order valence-corrected chi connectivity index (χ4v) is 1.59. The van der Waals surface area contributed by atoms with E-state index in [1.54, 1.807) is 7.11 Å². The van der Waals surface area contributed by atoms with Crippen LogP contribution in [0.2, 0.25) is 0 Å². The molecule has 3 heteroatoms. The van der Waals surface area contributed by atoms with Gasteiger partial charge < -0.3 is 10.5 Å². The summed E-state index contributed by atoms with van der Waals surface area (Å²) in [7, 11) is 1.67. The van der Waals surface area contributed by atoms with E-state index < -0.39 is 0 Å². The molecule has 0 aliphatic heterocycles. The van der Waals surface area contributed by atoms with Gasteiger partial charge in [0, 0.05) is 19.6 Å². The van der Waals surface area contributed by atoms with Crippen LogP contribution in [0.25, 0.3) is 0 Å². The van der Waals surface area contributed by atoms with E-state index >= 15 is 0 Å². The van der Waals surface area contributed by atoms with Crippen LogP contribution in [-0.4, -0.2) is 25.5 Å². The van der Waals surface area contributed by atoms with Crippen molar-refractivity contribution in [2.45, 2.75) is 38.1 Å². The van der Waals surface area contributed by atoms with E-state index in [0.29, 0.717) is 6.61 Å². The predicted octanol–water partition coefficient (Wildman–Crippen LogP) is 1.11. The third-order valence-electron chi connectivity index (χ3n) is 2.74. The Balaban J connectivity index is 2.13. The Bertz CT molecular complexity index is 166. The van der Waals surface area contributed by atoms with Crippen LogP contribution in [0.15, 0.2) is 0 Å². The molecule has 0 aromatic rings. The molecule has 0 aromatic carbocycles. The summed E-state index contributed by atoms with van der Waals surface area (Å²) in [6, 6.07) is -0.250. The summed E-state index contributed by atoms with van der Waals surface area (Å²) in [4.78, 5) is 11.6. The Morgan fingerprint density at radius 2 is 2.31 bits per heavy atom. The first-order valence-electron chi connectivity index (χ1n) is 5.04. The quantitative estimate of drug-likeness (QED) is 0.631. The number of methoxy groups -OCH3 is 1. The highest BCUT2D eigenvalue weighted by atomic mass is 16.5. The van der Waals surface area contributed by atoms with Gasteiger partial charge in [-0.15, -0.1) is 0 Å². The lowest BCUT2D eigenvalue weighted by atomic mass is 9.79. The van der Waals surface area contributed by atoms with E-state index in [4.69, 9.17) is 10.5 Å². The number of nitrogens with two attached hydrogens (primary N) is 1. The van der Waals surface area contributed by atoms with Gasteiger partial charge in [-0.25, -0.2) is 0 Å². The zero-order chi connectivity index (χ0) is 9.68. The summed E-state index contributed by atoms with van der Waals surface area (Å²) < 4.78 is 4.91. The lowest BCUT2D eigenvalue weighted by Crippen LogP contribution is -2.38. The molecule has 1 aliphatic carbocycles. The van der Waals surface area contributed by atoms with E-state index in [1.807, 2.05) is 0 Å². The van der Waals surface area contributed by atoms with Crippen molar-refractivity contribution >= 4 is 5.78 Å².